The van der Waals surface area contributed by atoms with Crippen molar-refractivity contribution in [1.29, 1.82) is 0 Å². The maximum atomic E-state index is 10.8. The number of hydrogen-bond donors (Lipinski definition) is 2. The summed E-state index contributed by atoms with van der Waals surface area (Å²) in [5.41, 5.74) is 2.35. The van der Waals surface area contributed by atoms with Gasteiger partial charge in [-0.25, -0.2) is 4.79 Å². The maximum absolute atomic E-state index is 10.8. The molecular formula is C13H19NO2. The van der Waals surface area contributed by atoms with Gasteiger partial charge in [0.25, 0.3) is 0 Å². The van der Waals surface area contributed by atoms with Crippen molar-refractivity contribution in [2.24, 2.45) is 0 Å². The molecular weight excluding hydrogens is 202 g/mol. The summed E-state index contributed by atoms with van der Waals surface area (Å²) in [7, 11) is 0. The van der Waals surface area contributed by atoms with Gasteiger partial charge in [-0.2, -0.15) is 0 Å². The number of rotatable bonds is 6. The van der Waals surface area contributed by atoms with Gasteiger partial charge >= 0.3 is 5.97 Å². The number of unbranched alkanes of at least 4 members (excludes halogenated alkanes) is 2. The van der Waals surface area contributed by atoms with E-state index in [2.05, 4.69) is 12.2 Å². The van der Waals surface area contributed by atoms with Crippen molar-refractivity contribution in [3.63, 3.8) is 0 Å². The van der Waals surface area contributed by atoms with Crippen LogP contribution in [0.1, 0.15) is 42.1 Å². The summed E-state index contributed by atoms with van der Waals surface area (Å²) in [5.74, 6) is -0.878. The van der Waals surface area contributed by atoms with Crippen molar-refractivity contribution >= 4 is 11.7 Å². The van der Waals surface area contributed by atoms with Gasteiger partial charge in [0, 0.05) is 12.2 Å². The first-order chi connectivity index (χ1) is 7.65. The molecule has 1 rings (SSSR count). The minimum absolute atomic E-state index is 0.337. The largest absolute Gasteiger partial charge is 0.478 e. The number of anilines is 1. The molecule has 0 aliphatic carbocycles. The molecule has 0 spiro atoms. The number of carboxylic acids is 1. The quantitative estimate of drug-likeness (QED) is 0.725. The third-order valence-electron chi connectivity index (χ3n) is 2.58. The Morgan fingerprint density at radius 2 is 2.12 bits per heavy atom. The highest BCUT2D eigenvalue weighted by Crippen LogP contribution is 2.17. The van der Waals surface area contributed by atoms with Crippen molar-refractivity contribution < 1.29 is 9.90 Å². The molecule has 3 heteroatoms. The van der Waals surface area contributed by atoms with Crippen LogP contribution in [0.3, 0.4) is 0 Å². The van der Waals surface area contributed by atoms with Crippen LogP contribution in [0, 0.1) is 6.92 Å². The molecule has 0 bridgehead atoms. The van der Waals surface area contributed by atoms with Crippen LogP contribution >= 0.6 is 0 Å². The van der Waals surface area contributed by atoms with Crippen LogP contribution in [0.15, 0.2) is 18.2 Å². The summed E-state index contributed by atoms with van der Waals surface area (Å²) in [4.78, 5) is 10.8. The minimum Gasteiger partial charge on any atom is -0.478 e. The Morgan fingerprint density at radius 3 is 2.75 bits per heavy atom. The van der Waals surface area contributed by atoms with E-state index in [-0.39, 0.29) is 0 Å². The Kier molecular flexibility index (Phi) is 4.83. The summed E-state index contributed by atoms with van der Waals surface area (Å²) in [6.07, 6.45) is 3.51. The van der Waals surface area contributed by atoms with Crippen molar-refractivity contribution in [1.82, 2.24) is 0 Å². The number of benzene rings is 1. The average Bonchev–Trinajstić information content (AvgIpc) is 2.26. The predicted molar refractivity (Wildman–Crippen MR) is 66.2 cm³/mol. The lowest BCUT2D eigenvalue weighted by atomic mass is 10.1. The van der Waals surface area contributed by atoms with Crippen LogP contribution < -0.4 is 5.32 Å². The van der Waals surface area contributed by atoms with E-state index in [0.717, 1.165) is 24.2 Å². The van der Waals surface area contributed by atoms with E-state index in [1.165, 1.54) is 12.8 Å². The third-order valence-corrected chi connectivity index (χ3v) is 2.58. The Bertz CT molecular complexity index is 361. The predicted octanol–water partition coefficient (Wildman–Crippen LogP) is 3.30. The Labute approximate surface area is 96.5 Å². The minimum atomic E-state index is -0.878. The van der Waals surface area contributed by atoms with Crippen LogP contribution in [0.2, 0.25) is 0 Å². The van der Waals surface area contributed by atoms with E-state index in [1.54, 1.807) is 12.1 Å². The number of carbonyl (C=O) groups is 1. The topological polar surface area (TPSA) is 49.3 Å². The van der Waals surface area contributed by atoms with Crippen LogP contribution in [0.25, 0.3) is 0 Å². The van der Waals surface area contributed by atoms with Gasteiger partial charge in [-0.1, -0.05) is 25.8 Å². The number of aromatic carboxylic acids is 1. The van der Waals surface area contributed by atoms with Crippen LogP contribution in [0.5, 0.6) is 0 Å². The molecule has 0 fully saturated rings. The molecule has 0 aromatic heterocycles. The van der Waals surface area contributed by atoms with Gasteiger partial charge in [-0.3, -0.25) is 0 Å². The van der Waals surface area contributed by atoms with E-state index in [9.17, 15) is 4.79 Å². The fraction of sp³-hybridized carbons (Fsp3) is 0.462. The zero-order valence-corrected chi connectivity index (χ0v) is 9.92. The number of carboxylic acid groups (broad SMARTS) is 1. The highest BCUT2D eigenvalue weighted by molar-refractivity contribution is 5.89. The molecule has 1 aromatic carbocycles. The fourth-order valence-corrected chi connectivity index (χ4v) is 1.54. The Morgan fingerprint density at radius 1 is 1.38 bits per heavy atom. The number of aryl methyl sites for hydroxylation is 1. The Balaban J connectivity index is 2.63. The molecule has 0 radical (unpaired) electrons. The highest BCUT2D eigenvalue weighted by Gasteiger charge is 2.05. The molecule has 0 saturated carbocycles. The van der Waals surface area contributed by atoms with Crippen molar-refractivity contribution in [2.45, 2.75) is 33.1 Å². The molecule has 0 saturated heterocycles. The summed E-state index contributed by atoms with van der Waals surface area (Å²) >= 11 is 0. The standard InChI is InChI=1S/C13H19NO2/c1-3-4-5-8-14-12-9-11(13(15)16)7-6-10(12)2/h6-7,9,14H,3-5,8H2,1-2H3,(H,15,16). The first kappa shape index (κ1) is 12.6. The zero-order valence-electron chi connectivity index (χ0n) is 9.92. The van der Waals surface area contributed by atoms with Gasteiger partial charge < -0.3 is 10.4 Å². The summed E-state index contributed by atoms with van der Waals surface area (Å²) in [6.45, 7) is 5.04. The van der Waals surface area contributed by atoms with Crippen molar-refractivity contribution in [3.05, 3.63) is 29.3 Å². The first-order valence-corrected chi connectivity index (χ1v) is 5.73. The van der Waals surface area contributed by atoms with Gasteiger partial charge in [-0.05, 0) is 31.0 Å². The van der Waals surface area contributed by atoms with Crippen LogP contribution in [-0.4, -0.2) is 17.6 Å². The second kappa shape index (κ2) is 6.16. The average molecular weight is 221 g/mol. The monoisotopic (exact) mass is 221 g/mol. The van der Waals surface area contributed by atoms with E-state index in [1.807, 2.05) is 13.0 Å². The normalized spacial score (nSPS) is 10.1. The highest BCUT2D eigenvalue weighted by atomic mass is 16.4. The molecule has 2 N–H and O–H groups in total. The van der Waals surface area contributed by atoms with Gasteiger partial charge in [-0.15, -0.1) is 0 Å². The van der Waals surface area contributed by atoms with E-state index in [0.29, 0.717) is 5.56 Å². The van der Waals surface area contributed by atoms with Crippen LogP contribution in [0.4, 0.5) is 5.69 Å². The fourth-order valence-electron chi connectivity index (χ4n) is 1.54. The van der Waals surface area contributed by atoms with Gasteiger partial charge in [0.2, 0.25) is 0 Å². The van der Waals surface area contributed by atoms with Gasteiger partial charge in [0.1, 0.15) is 0 Å². The molecule has 0 atom stereocenters. The Hall–Kier alpha value is -1.51. The molecule has 0 aliphatic heterocycles. The number of hydrogen-bond acceptors (Lipinski definition) is 2. The second-order valence-corrected chi connectivity index (χ2v) is 3.97. The molecule has 0 heterocycles. The molecule has 16 heavy (non-hydrogen) atoms. The van der Waals surface area contributed by atoms with Gasteiger partial charge in [0.15, 0.2) is 0 Å². The smallest absolute Gasteiger partial charge is 0.335 e. The summed E-state index contributed by atoms with van der Waals surface area (Å²) in [6, 6.07) is 5.17. The van der Waals surface area contributed by atoms with Crippen molar-refractivity contribution in [3.8, 4) is 0 Å². The number of nitrogens with one attached hydrogen (secondary N) is 1. The maximum Gasteiger partial charge on any atom is 0.335 e. The lowest BCUT2D eigenvalue weighted by Crippen LogP contribution is -2.05. The molecule has 1 aromatic rings. The zero-order chi connectivity index (χ0) is 12.0. The molecule has 0 aliphatic rings. The van der Waals surface area contributed by atoms with Gasteiger partial charge in [0.05, 0.1) is 5.56 Å². The molecule has 0 unspecified atom stereocenters. The van der Waals surface area contributed by atoms with E-state index in [4.69, 9.17) is 5.11 Å². The van der Waals surface area contributed by atoms with E-state index < -0.39 is 5.97 Å². The lowest BCUT2D eigenvalue weighted by molar-refractivity contribution is 0.0697. The second-order valence-electron chi connectivity index (χ2n) is 3.97. The molecule has 3 nitrogen and oxygen atoms in total. The third kappa shape index (κ3) is 3.57. The van der Waals surface area contributed by atoms with Crippen molar-refractivity contribution in [2.75, 3.05) is 11.9 Å². The lowest BCUT2D eigenvalue weighted by Gasteiger charge is -2.10. The molecule has 88 valence electrons. The summed E-state index contributed by atoms with van der Waals surface area (Å²) in [5, 5.41) is 12.2. The first-order valence-electron chi connectivity index (χ1n) is 5.73. The SMILES string of the molecule is CCCCCNc1cc(C(=O)O)ccc1C. The summed E-state index contributed by atoms with van der Waals surface area (Å²) < 4.78 is 0. The molecule has 0 amide bonds. The van der Waals surface area contributed by atoms with Crippen LogP contribution in [-0.2, 0) is 0 Å². The van der Waals surface area contributed by atoms with E-state index >= 15 is 0 Å².